The van der Waals surface area contributed by atoms with E-state index < -0.39 is 0 Å². The molecule has 2 atom stereocenters. The Labute approximate surface area is 155 Å². The van der Waals surface area contributed by atoms with E-state index in [0.29, 0.717) is 6.54 Å². The third-order valence-electron chi connectivity index (χ3n) is 4.92. The molecule has 0 aliphatic carbocycles. The summed E-state index contributed by atoms with van der Waals surface area (Å²) in [6.45, 7) is 4.72. The van der Waals surface area contributed by atoms with E-state index in [4.69, 9.17) is 4.74 Å². The average molecular weight is 347 g/mol. The molecule has 0 spiro atoms. The number of hydrogen-bond acceptors (Lipinski definition) is 2. The summed E-state index contributed by atoms with van der Waals surface area (Å²) in [4.78, 5) is 12.6. The molecule has 1 amide bonds. The fourth-order valence-corrected chi connectivity index (χ4v) is 3.10. The zero-order chi connectivity index (χ0) is 18.5. The van der Waals surface area contributed by atoms with E-state index in [9.17, 15) is 4.79 Å². The molecule has 0 saturated heterocycles. The lowest BCUT2D eigenvalue weighted by Gasteiger charge is -2.17. The molecule has 0 heterocycles. The first-order valence-corrected chi connectivity index (χ1v) is 8.99. The fourth-order valence-electron chi connectivity index (χ4n) is 3.10. The fraction of sp³-hybridized carbons (Fsp3) is 0.261. The van der Waals surface area contributed by atoms with Gasteiger partial charge in [-0.2, -0.15) is 0 Å². The highest BCUT2D eigenvalue weighted by molar-refractivity contribution is 5.88. The van der Waals surface area contributed by atoms with Crippen LogP contribution in [-0.4, -0.2) is 19.6 Å². The van der Waals surface area contributed by atoms with Crippen molar-refractivity contribution >= 4 is 16.7 Å². The first-order valence-electron chi connectivity index (χ1n) is 8.99. The maximum absolute atomic E-state index is 12.6. The number of carbonyl (C=O) groups is 1. The van der Waals surface area contributed by atoms with E-state index in [2.05, 4.69) is 30.4 Å². The molecule has 0 unspecified atom stereocenters. The van der Waals surface area contributed by atoms with Crippen LogP contribution in [0.1, 0.15) is 36.8 Å². The molecule has 3 aromatic carbocycles. The molecular weight excluding hydrogens is 322 g/mol. The molecule has 0 radical (unpaired) electrons. The molecule has 3 aromatic rings. The largest absolute Gasteiger partial charge is 0.497 e. The topological polar surface area (TPSA) is 38.3 Å². The summed E-state index contributed by atoms with van der Waals surface area (Å²) in [5.41, 5.74) is 2.26. The highest BCUT2D eigenvalue weighted by Crippen LogP contribution is 2.25. The predicted octanol–water partition coefficient (Wildman–Crippen LogP) is 4.87. The van der Waals surface area contributed by atoms with Crippen LogP contribution in [0.3, 0.4) is 0 Å². The van der Waals surface area contributed by atoms with Crippen molar-refractivity contribution in [3.05, 3.63) is 77.9 Å². The summed E-state index contributed by atoms with van der Waals surface area (Å²) >= 11 is 0. The molecule has 0 bridgehead atoms. The maximum atomic E-state index is 12.6. The van der Waals surface area contributed by atoms with Crippen molar-refractivity contribution in [1.82, 2.24) is 5.32 Å². The highest BCUT2D eigenvalue weighted by atomic mass is 16.5. The number of methoxy groups -OCH3 is 1. The van der Waals surface area contributed by atoms with Gasteiger partial charge in [-0.15, -0.1) is 0 Å². The van der Waals surface area contributed by atoms with E-state index in [1.807, 2.05) is 55.5 Å². The number of nitrogens with one attached hydrogen (secondary N) is 1. The molecule has 1 N–H and O–H groups in total. The van der Waals surface area contributed by atoms with E-state index in [1.165, 1.54) is 5.56 Å². The normalized spacial score (nSPS) is 13.2. The third-order valence-corrected chi connectivity index (χ3v) is 4.92. The van der Waals surface area contributed by atoms with Crippen LogP contribution in [0.25, 0.3) is 10.8 Å². The van der Waals surface area contributed by atoms with Crippen molar-refractivity contribution in [1.29, 1.82) is 0 Å². The Kier molecular flexibility index (Phi) is 5.57. The van der Waals surface area contributed by atoms with Gasteiger partial charge in [0.1, 0.15) is 5.75 Å². The van der Waals surface area contributed by atoms with Crippen LogP contribution in [-0.2, 0) is 4.79 Å². The number of hydrogen-bond donors (Lipinski definition) is 1. The summed E-state index contributed by atoms with van der Waals surface area (Å²) < 4.78 is 5.26. The molecule has 3 rings (SSSR count). The summed E-state index contributed by atoms with van der Waals surface area (Å²) in [7, 11) is 1.67. The lowest BCUT2D eigenvalue weighted by Crippen LogP contribution is -2.31. The van der Waals surface area contributed by atoms with Gasteiger partial charge in [0.2, 0.25) is 5.91 Å². The minimum Gasteiger partial charge on any atom is -0.497 e. The molecule has 3 nitrogen and oxygen atoms in total. The summed E-state index contributed by atoms with van der Waals surface area (Å²) in [5, 5.41) is 5.31. The van der Waals surface area contributed by atoms with Crippen LogP contribution in [0, 0.1) is 0 Å². The van der Waals surface area contributed by atoms with Gasteiger partial charge in [-0.05, 0) is 46.9 Å². The van der Waals surface area contributed by atoms with Gasteiger partial charge in [-0.1, -0.05) is 61.5 Å². The second kappa shape index (κ2) is 8.05. The molecule has 26 heavy (non-hydrogen) atoms. The van der Waals surface area contributed by atoms with Crippen LogP contribution in [0.2, 0.25) is 0 Å². The van der Waals surface area contributed by atoms with Gasteiger partial charge >= 0.3 is 0 Å². The second-order valence-electron chi connectivity index (χ2n) is 6.75. The SMILES string of the molecule is COc1ccc2cc([C@H](C)C(=O)NC[C@@H](C)c3ccccc3)ccc2c1. The van der Waals surface area contributed by atoms with E-state index in [0.717, 1.165) is 22.1 Å². The summed E-state index contributed by atoms with van der Waals surface area (Å²) in [6, 6.07) is 22.4. The van der Waals surface area contributed by atoms with Crippen molar-refractivity contribution in [2.24, 2.45) is 0 Å². The van der Waals surface area contributed by atoms with Crippen molar-refractivity contribution < 1.29 is 9.53 Å². The van der Waals surface area contributed by atoms with Crippen LogP contribution in [0.15, 0.2) is 66.7 Å². The average Bonchev–Trinajstić information content (AvgIpc) is 2.70. The number of carbonyl (C=O) groups excluding carboxylic acids is 1. The molecule has 134 valence electrons. The van der Waals surface area contributed by atoms with E-state index >= 15 is 0 Å². The second-order valence-corrected chi connectivity index (χ2v) is 6.75. The number of ether oxygens (including phenoxy) is 1. The van der Waals surface area contributed by atoms with Gasteiger partial charge in [-0.25, -0.2) is 0 Å². The Morgan fingerprint density at radius 3 is 2.35 bits per heavy atom. The number of fused-ring (bicyclic) bond motifs is 1. The Balaban J connectivity index is 1.67. The first-order chi connectivity index (χ1) is 12.6. The Bertz CT molecular complexity index is 889. The zero-order valence-electron chi connectivity index (χ0n) is 15.5. The molecule has 0 saturated carbocycles. The Morgan fingerprint density at radius 2 is 1.62 bits per heavy atom. The van der Waals surface area contributed by atoms with E-state index in [1.54, 1.807) is 7.11 Å². The quantitative estimate of drug-likeness (QED) is 0.691. The van der Waals surface area contributed by atoms with Crippen LogP contribution >= 0.6 is 0 Å². The van der Waals surface area contributed by atoms with Gasteiger partial charge in [-0.3, -0.25) is 4.79 Å². The molecule has 0 aliphatic rings. The van der Waals surface area contributed by atoms with Crippen molar-refractivity contribution in [2.75, 3.05) is 13.7 Å². The van der Waals surface area contributed by atoms with Crippen LogP contribution in [0.4, 0.5) is 0 Å². The highest BCUT2D eigenvalue weighted by Gasteiger charge is 2.16. The molecule has 0 aliphatic heterocycles. The number of rotatable bonds is 6. The first kappa shape index (κ1) is 18.0. The van der Waals surface area contributed by atoms with Gasteiger partial charge in [0, 0.05) is 6.54 Å². The van der Waals surface area contributed by atoms with Crippen LogP contribution < -0.4 is 10.1 Å². The lowest BCUT2D eigenvalue weighted by molar-refractivity contribution is -0.122. The smallest absolute Gasteiger partial charge is 0.227 e. The van der Waals surface area contributed by atoms with Gasteiger partial charge < -0.3 is 10.1 Å². The summed E-state index contributed by atoms with van der Waals surface area (Å²) in [6.07, 6.45) is 0. The van der Waals surface area contributed by atoms with Gasteiger partial charge in [0.15, 0.2) is 0 Å². The zero-order valence-corrected chi connectivity index (χ0v) is 15.5. The molecule has 0 aromatic heterocycles. The lowest BCUT2D eigenvalue weighted by atomic mass is 9.96. The maximum Gasteiger partial charge on any atom is 0.227 e. The molecular formula is C23H25NO2. The third kappa shape index (κ3) is 4.05. The minimum atomic E-state index is -0.190. The monoisotopic (exact) mass is 347 g/mol. The van der Waals surface area contributed by atoms with E-state index in [-0.39, 0.29) is 17.7 Å². The minimum absolute atomic E-state index is 0.0562. The number of benzene rings is 3. The standard InChI is InChI=1S/C23H25NO2/c1-16(18-7-5-4-6-8-18)15-24-23(25)17(2)19-9-10-21-14-22(26-3)12-11-20(21)13-19/h4-14,16-17H,15H2,1-3H3,(H,24,25)/t16-,17+/m1/s1. The predicted molar refractivity (Wildman–Crippen MR) is 107 cm³/mol. The molecule has 3 heteroatoms. The van der Waals surface area contributed by atoms with Gasteiger partial charge in [0.05, 0.1) is 13.0 Å². The number of amides is 1. The van der Waals surface area contributed by atoms with Crippen LogP contribution in [0.5, 0.6) is 5.75 Å². The van der Waals surface area contributed by atoms with Gasteiger partial charge in [0.25, 0.3) is 0 Å². The van der Waals surface area contributed by atoms with Crippen molar-refractivity contribution in [3.8, 4) is 5.75 Å². The Morgan fingerprint density at radius 1 is 0.923 bits per heavy atom. The van der Waals surface area contributed by atoms with Crippen molar-refractivity contribution in [3.63, 3.8) is 0 Å². The Hall–Kier alpha value is -2.81. The molecule has 0 fully saturated rings. The summed E-state index contributed by atoms with van der Waals surface area (Å²) in [5.74, 6) is 0.993. The van der Waals surface area contributed by atoms with Crippen molar-refractivity contribution in [2.45, 2.75) is 25.7 Å².